The van der Waals surface area contributed by atoms with Gasteiger partial charge in [-0.3, -0.25) is 4.79 Å². The van der Waals surface area contributed by atoms with Gasteiger partial charge < -0.3 is 10.1 Å². The van der Waals surface area contributed by atoms with Crippen LogP contribution in [-0.2, 0) is 0 Å². The molecule has 4 heteroatoms. The molecule has 110 valence electrons. The van der Waals surface area contributed by atoms with Crippen LogP contribution in [0.5, 0.6) is 5.75 Å². The van der Waals surface area contributed by atoms with Crippen LogP contribution in [0.15, 0.2) is 47.4 Å². The van der Waals surface area contributed by atoms with Crippen molar-refractivity contribution >= 4 is 23.4 Å². The first-order valence-electron chi connectivity index (χ1n) is 6.83. The maximum atomic E-state index is 12.3. The van der Waals surface area contributed by atoms with Crippen molar-refractivity contribution in [2.75, 3.05) is 18.2 Å². The monoisotopic (exact) mass is 301 g/mol. The molecule has 21 heavy (non-hydrogen) atoms. The Morgan fingerprint density at radius 1 is 1.24 bits per heavy atom. The minimum atomic E-state index is -0.109. The van der Waals surface area contributed by atoms with E-state index < -0.39 is 0 Å². The number of aryl methyl sites for hydroxylation is 1. The summed E-state index contributed by atoms with van der Waals surface area (Å²) >= 11 is 1.61. The van der Waals surface area contributed by atoms with Gasteiger partial charge in [-0.1, -0.05) is 12.1 Å². The molecule has 0 saturated carbocycles. The first-order chi connectivity index (χ1) is 10.2. The van der Waals surface area contributed by atoms with Crippen molar-refractivity contribution < 1.29 is 9.53 Å². The zero-order valence-electron chi connectivity index (χ0n) is 12.5. The number of benzene rings is 2. The van der Waals surface area contributed by atoms with Gasteiger partial charge in [0, 0.05) is 10.5 Å². The third kappa shape index (κ3) is 3.79. The maximum absolute atomic E-state index is 12.3. The Morgan fingerprint density at radius 2 is 2.00 bits per heavy atom. The molecule has 0 aliphatic heterocycles. The molecule has 1 N–H and O–H groups in total. The van der Waals surface area contributed by atoms with Crippen molar-refractivity contribution in [2.24, 2.45) is 0 Å². The largest absolute Gasteiger partial charge is 0.494 e. The van der Waals surface area contributed by atoms with E-state index in [1.54, 1.807) is 17.8 Å². The van der Waals surface area contributed by atoms with Crippen molar-refractivity contribution in [3.63, 3.8) is 0 Å². The second-order valence-electron chi connectivity index (χ2n) is 4.57. The van der Waals surface area contributed by atoms with Crippen molar-refractivity contribution in [1.82, 2.24) is 0 Å². The molecule has 0 aromatic heterocycles. The first-order valence-corrected chi connectivity index (χ1v) is 8.06. The van der Waals surface area contributed by atoms with Crippen LogP contribution in [0.2, 0.25) is 0 Å². The summed E-state index contributed by atoms with van der Waals surface area (Å²) in [6, 6.07) is 13.3. The molecular formula is C17H19NO2S. The molecule has 0 saturated heterocycles. The molecule has 0 bridgehead atoms. The molecule has 0 fully saturated rings. The highest BCUT2D eigenvalue weighted by Gasteiger charge is 2.10. The van der Waals surface area contributed by atoms with E-state index in [9.17, 15) is 4.79 Å². The van der Waals surface area contributed by atoms with Crippen LogP contribution in [0.1, 0.15) is 22.8 Å². The number of anilines is 1. The third-order valence-electron chi connectivity index (χ3n) is 3.09. The summed E-state index contributed by atoms with van der Waals surface area (Å²) in [6.07, 6.45) is 1.99. The summed E-state index contributed by atoms with van der Waals surface area (Å²) < 4.78 is 5.49. The summed E-state index contributed by atoms with van der Waals surface area (Å²) in [7, 11) is 0. The molecule has 0 radical (unpaired) electrons. The van der Waals surface area contributed by atoms with Gasteiger partial charge in [-0.15, -0.1) is 11.8 Å². The molecule has 3 nitrogen and oxygen atoms in total. The summed E-state index contributed by atoms with van der Waals surface area (Å²) in [6.45, 7) is 4.50. The molecule has 0 aliphatic carbocycles. The Labute approximate surface area is 129 Å². The molecule has 1 amide bonds. The lowest BCUT2D eigenvalue weighted by Crippen LogP contribution is -2.12. The summed E-state index contributed by atoms with van der Waals surface area (Å²) in [5.74, 6) is 0.709. The van der Waals surface area contributed by atoms with Gasteiger partial charge in [-0.25, -0.2) is 0 Å². The molecule has 2 rings (SSSR count). The smallest absolute Gasteiger partial charge is 0.255 e. The number of amides is 1. The normalized spacial score (nSPS) is 10.2. The minimum absolute atomic E-state index is 0.109. The van der Waals surface area contributed by atoms with Crippen molar-refractivity contribution in [1.29, 1.82) is 0 Å². The molecular weight excluding hydrogens is 282 g/mol. The lowest BCUT2D eigenvalue weighted by Gasteiger charge is -2.11. The van der Waals surface area contributed by atoms with Crippen LogP contribution in [-0.4, -0.2) is 18.8 Å². The molecule has 2 aromatic carbocycles. The van der Waals surface area contributed by atoms with E-state index in [2.05, 4.69) is 5.32 Å². The topological polar surface area (TPSA) is 38.3 Å². The summed E-state index contributed by atoms with van der Waals surface area (Å²) in [5.41, 5.74) is 2.43. The predicted octanol–water partition coefficient (Wildman–Crippen LogP) is 4.37. The number of ether oxygens (including phenoxy) is 1. The van der Waals surface area contributed by atoms with E-state index in [1.165, 1.54) is 0 Å². The van der Waals surface area contributed by atoms with Crippen molar-refractivity contribution in [3.8, 4) is 5.75 Å². The van der Waals surface area contributed by atoms with E-state index in [0.29, 0.717) is 12.2 Å². The van der Waals surface area contributed by atoms with E-state index in [-0.39, 0.29) is 5.91 Å². The fourth-order valence-corrected chi connectivity index (χ4v) is 2.60. The second-order valence-corrected chi connectivity index (χ2v) is 5.42. The predicted molar refractivity (Wildman–Crippen MR) is 88.5 cm³/mol. The van der Waals surface area contributed by atoms with Crippen LogP contribution in [0, 0.1) is 6.92 Å². The number of nitrogens with one attached hydrogen (secondary N) is 1. The highest BCUT2D eigenvalue weighted by atomic mass is 32.2. The van der Waals surface area contributed by atoms with Crippen LogP contribution < -0.4 is 10.1 Å². The number of hydrogen-bond donors (Lipinski definition) is 1. The highest BCUT2D eigenvalue weighted by molar-refractivity contribution is 7.98. The van der Waals surface area contributed by atoms with Crippen molar-refractivity contribution in [3.05, 3.63) is 53.6 Å². The first kappa shape index (κ1) is 15.4. The number of para-hydroxylation sites is 1. The van der Waals surface area contributed by atoms with Gasteiger partial charge in [0.2, 0.25) is 0 Å². The van der Waals surface area contributed by atoms with Crippen LogP contribution >= 0.6 is 11.8 Å². The fourth-order valence-electron chi connectivity index (χ4n) is 2.05. The zero-order valence-corrected chi connectivity index (χ0v) is 13.3. The number of carbonyl (C=O) groups excluding carboxylic acids is 1. The molecule has 0 heterocycles. The minimum Gasteiger partial charge on any atom is -0.494 e. The Bertz CT molecular complexity index is 640. The van der Waals surface area contributed by atoms with E-state index in [0.717, 1.165) is 21.9 Å². The van der Waals surface area contributed by atoms with Crippen LogP contribution in [0.4, 0.5) is 5.69 Å². The number of thioether (sulfide) groups is 1. The fraction of sp³-hybridized carbons (Fsp3) is 0.235. The Hall–Kier alpha value is -1.94. The molecule has 2 aromatic rings. The van der Waals surface area contributed by atoms with E-state index >= 15 is 0 Å². The lowest BCUT2D eigenvalue weighted by atomic mass is 10.1. The van der Waals surface area contributed by atoms with E-state index in [4.69, 9.17) is 4.74 Å². The molecule has 0 aliphatic rings. The quantitative estimate of drug-likeness (QED) is 0.833. The number of carbonyl (C=O) groups is 1. The van der Waals surface area contributed by atoms with Crippen LogP contribution in [0.25, 0.3) is 0 Å². The van der Waals surface area contributed by atoms with Gasteiger partial charge in [0.25, 0.3) is 5.91 Å². The van der Waals surface area contributed by atoms with Gasteiger partial charge in [-0.05, 0) is 56.0 Å². The zero-order chi connectivity index (χ0) is 15.2. The number of rotatable bonds is 5. The molecule has 0 unspecified atom stereocenters. The van der Waals surface area contributed by atoms with Gasteiger partial charge in [-0.2, -0.15) is 0 Å². The third-order valence-corrected chi connectivity index (χ3v) is 3.89. The molecule has 0 atom stereocenters. The standard InChI is InChI=1S/C17H19NO2S/c1-4-20-15-10-9-13(11-12(15)2)17(19)18-14-7-5-6-8-16(14)21-3/h5-11H,4H2,1-3H3,(H,18,19). The average Bonchev–Trinajstić information content (AvgIpc) is 2.50. The Kier molecular flexibility index (Phi) is 5.28. The second kappa shape index (κ2) is 7.18. The van der Waals surface area contributed by atoms with Gasteiger partial charge >= 0.3 is 0 Å². The Balaban J connectivity index is 2.19. The summed E-state index contributed by atoms with van der Waals surface area (Å²) in [4.78, 5) is 13.4. The van der Waals surface area contributed by atoms with Gasteiger partial charge in [0.15, 0.2) is 0 Å². The molecule has 0 spiro atoms. The number of hydrogen-bond acceptors (Lipinski definition) is 3. The van der Waals surface area contributed by atoms with E-state index in [1.807, 2.05) is 56.5 Å². The summed E-state index contributed by atoms with van der Waals surface area (Å²) in [5, 5.41) is 2.96. The van der Waals surface area contributed by atoms with Gasteiger partial charge in [0.1, 0.15) is 5.75 Å². The lowest BCUT2D eigenvalue weighted by molar-refractivity contribution is 0.102. The Morgan fingerprint density at radius 3 is 2.67 bits per heavy atom. The highest BCUT2D eigenvalue weighted by Crippen LogP contribution is 2.26. The van der Waals surface area contributed by atoms with Crippen LogP contribution in [0.3, 0.4) is 0 Å². The van der Waals surface area contributed by atoms with Crippen molar-refractivity contribution in [2.45, 2.75) is 18.7 Å². The average molecular weight is 301 g/mol. The maximum Gasteiger partial charge on any atom is 0.255 e. The van der Waals surface area contributed by atoms with Gasteiger partial charge in [0.05, 0.1) is 12.3 Å². The SMILES string of the molecule is CCOc1ccc(C(=O)Nc2ccccc2SC)cc1C.